The molecule has 1 fully saturated rings. The molecule has 0 saturated heterocycles. The van der Waals surface area contributed by atoms with Gasteiger partial charge in [-0.25, -0.2) is 0 Å². The molecule has 134 valence electrons. The molecule has 1 aliphatic rings. The second-order valence-corrected chi connectivity index (χ2v) is 7.63. The van der Waals surface area contributed by atoms with Gasteiger partial charge in [0.25, 0.3) is 10.9 Å². The van der Waals surface area contributed by atoms with Crippen molar-refractivity contribution in [3.05, 3.63) is 48.7 Å². The Balaban J connectivity index is 1.83. The number of benzene rings is 1. The van der Waals surface area contributed by atoms with E-state index in [0.29, 0.717) is 27.5 Å². The van der Waals surface area contributed by atoms with Gasteiger partial charge in [0.2, 0.25) is 0 Å². The highest BCUT2D eigenvalue weighted by molar-refractivity contribution is 6.35. The molecule has 2 atom stereocenters. The normalized spacial score (nSPS) is 20.8. The minimum absolute atomic E-state index is 0.149. The lowest BCUT2D eigenvalue weighted by atomic mass is 9.89. The average Bonchev–Trinajstić information content (AvgIpc) is 2.57. The Morgan fingerprint density at radius 2 is 1.56 bits per heavy atom. The van der Waals surface area contributed by atoms with Crippen LogP contribution in [0.25, 0.3) is 0 Å². The molecule has 1 aliphatic carbocycles. The van der Waals surface area contributed by atoms with E-state index in [9.17, 15) is 9.59 Å². The van der Waals surface area contributed by atoms with Crippen LogP contribution in [-0.2, 0) is 0 Å². The molecule has 7 heteroatoms. The minimum Gasteiger partial charge on any atom is -0.376 e. The van der Waals surface area contributed by atoms with Gasteiger partial charge in [-0.15, -0.1) is 0 Å². The first-order valence-corrected chi connectivity index (χ1v) is 9.12. The van der Waals surface area contributed by atoms with Gasteiger partial charge in [-0.2, -0.15) is 0 Å². The van der Waals surface area contributed by atoms with Crippen LogP contribution < -0.4 is 21.5 Å². The summed E-state index contributed by atoms with van der Waals surface area (Å²) in [7, 11) is 4.08. The van der Waals surface area contributed by atoms with E-state index >= 15 is 0 Å². The van der Waals surface area contributed by atoms with Crippen LogP contribution in [-0.4, -0.2) is 31.1 Å². The molecule has 3 rings (SSSR count). The summed E-state index contributed by atoms with van der Waals surface area (Å²) in [5, 5.41) is 7.22. The number of hydrogen-bond donors (Lipinski definition) is 2. The van der Waals surface area contributed by atoms with E-state index in [4.69, 9.17) is 23.2 Å². The second-order valence-electron chi connectivity index (χ2n) is 6.76. The van der Waals surface area contributed by atoms with Crippen molar-refractivity contribution < 1.29 is 0 Å². The van der Waals surface area contributed by atoms with Gasteiger partial charge in [-0.3, -0.25) is 9.59 Å². The molecule has 0 aliphatic heterocycles. The van der Waals surface area contributed by atoms with Crippen molar-refractivity contribution in [1.82, 2.24) is 4.90 Å². The number of nitrogens with one attached hydrogen (secondary N) is 2. The van der Waals surface area contributed by atoms with Crippen LogP contribution in [0.15, 0.2) is 27.8 Å². The lowest BCUT2D eigenvalue weighted by molar-refractivity contribution is 0.211. The lowest BCUT2D eigenvalue weighted by Crippen LogP contribution is -2.48. The van der Waals surface area contributed by atoms with Gasteiger partial charge in [0.05, 0.1) is 0 Å². The molecule has 0 spiro atoms. The number of nitrogens with zero attached hydrogens (tertiary/aromatic N) is 1. The Labute approximate surface area is 156 Å². The van der Waals surface area contributed by atoms with E-state index in [0.717, 1.165) is 19.3 Å². The van der Waals surface area contributed by atoms with Gasteiger partial charge in [-0.1, -0.05) is 36.0 Å². The molecular weight excluding hydrogens is 361 g/mol. The zero-order valence-corrected chi connectivity index (χ0v) is 15.7. The first kappa shape index (κ1) is 18.2. The molecule has 0 heterocycles. The van der Waals surface area contributed by atoms with Crippen LogP contribution in [0.2, 0.25) is 10.0 Å². The lowest BCUT2D eigenvalue weighted by Gasteiger charge is -2.37. The third-order valence-electron chi connectivity index (χ3n) is 4.76. The van der Waals surface area contributed by atoms with Crippen LogP contribution in [0.3, 0.4) is 0 Å². The van der Waals surface area contributed by atoms with Gasteiger partial charge < -0.3 is 15.5 Å². The average molecular weight is 382 g/mol. The van der Waals surface area contributed by atoms with Gasteiger partial charge in [0.15, 0.2) is 0 Å². The van der Waals surface area contributed by atoms with E-state index < -0.39 is 10.9 Å². The fourth-order valence-corrected chi connectivity index (χ4v) is 4.03. The van der Waals surface area contributed by atoms with Crippen molar-refractivity contribution in [1.29, 1.82) is 0 Å². The number of halogens is 2. The highest BCUT2D eigenvalue weighted by Crippen LogP contribution is 2.29. The van der Waals surface area contributed by atoms with Crippen LogP contribution in [0.5, 0.6) is 0 Å². The molecule has 1 saturated carbocycles. The van der Waals surface area contributed by atoms with E-state index in [2.05, 4.69) is 15.5 Å². The molecule has 0 aromatic heterocycles. The number of hydrogen-bond acceptors (Lipinski definition) is 5. The molecule has 0 amide bonds. The predicted molar refractivity (Wildman–Crippen MR) is 104 cm³/mol. The number of anilines is 3. The largest absolute Gasteiger partial charge is 0.376 e. The predicted octanol–water partition coefficient (Wildman–Crippen LogP) is 3.62. The topological polar surface area (TPSA) is 61.4 Å². The summed E-state index contributed by atoms with van der Waals surface area (Å²) in [6.07, 6.45) is 4.35. The fourth-order valence-electron chi connectivity index (χ4n) is 3.50. The first-order valence-electron chi connectivity index (χ1n) is 8.36. The first-order chi connectivity index (χ1) is 11.9. The third-order valence-corrected chi connectivity index (χ3v) is 5.20. The van der Waals surface area contributed by atoms with Crippen LogP contribution >= 0.6 is 23.2 Å². The molecular formula is C18H21Cl2N3O2. The van der Waals surface area contributed by atoms with E-state index in [1.165, 1.54) is 6.42 Å². The zero-order chi connectivity index (χ0) is 18.1. The SMILES string of the molecule is CN(C)[C@@H]1CCCC[C@H]1Nc1c(Nc2cc(Cl)cc(Cl)c2)c(=O)c1=O. The molecule has 25 heavy (non-hydrogen) atoms. The minimum atomic E-state index is -0.518. The Hall–Kier alpha value is -1.56. The quantitative estimate of drug-likeness (QED) is 0.774. The number of rotatable bonds is 5. The molecule has 0 unspecified atom stereocenters. The van der Waals surface area contributed by atoms with Gasteiger partial charge in [0.1, 0.15) is 11.4 Å². The molecule has 2 N–H and O–H groups in total. The highest BCUT2D eigenvalue weighted by Gasteiger charge is 2.30. The fraction of sp³-hybridized carbons (Fsp3) is 0.444. The monoisotopic (exact) mass is 381 g/mol. The van der Waals surface area contributed by atoms with E-state index in [1.54, 1.807) is 18.2 Å². The van der Waals surface area contributed by atoms with Crippen LogP contribution in [0, 0.1) is 0 Å². The summed E-state index contributed by atoms with van der Waals surface area (Å²) in [4.78, 5) is 26.3. The maximum atomic E-state index is 12.1. The van der Waals surface area contributed by atoms with Crippen molar-refractivity contribution in [3.63, 3.8) is 0 Å². The van der Waals surface area contributed by atoms with Gasteiger partial charge in [-0.05, 0) is 45.1 Å². The summed E-state index contributed by atoms with van der Waals surface area (Å²) in [6, 6.07) is 5.43. The van der Waals surface area contributed by atoms with Crippen molar-refractivity contribution in [2.45, 2.75) is 37.8 Å². The molecule has 0 radical (unpaired) electrons. The summed E-state index contributed by atoms with van der Waals surface area (Å²) in [5.74, 6) is 0. The van der Waals surface area contributed by atoms with Crippen molar-refractivity contribution in [2.75, 3.05) is 24.7 Å². The Morgan fingerprint density at radius 3 is 2.20 bits per heavy atom. The van der Waals surface area contributed by atoms with E-state index in [1.807, 2.05) is 14.1 Å². The van der Waals surface area contributed by atoms with Crippen LogP contribution in [0.1, 0.15) is 25.7 Å². The summed E-state index contributed by atoms with van der Waals surface area (Å²) in [5.41, 5.74) is 0.237. The maximum absolute atomic E-state index is 12.1. The van der Waals surface area contributed by atoms with Crippen molar-refractivity contribution in [2.24, 2.45) is 0 Å². The maximum Gasteiger partial charge on any atom is 0.253 e. The van der Waals surface area contributed by atoms with Gasteiger partial charge >= 0.3 is 0 Å². The van der Waals surface area contributed by atoms with Gasteiger partial charge in [0, 0.05) is 27.8 Å². The van der Waals surface area contributed by atoms with Crippen LogP contribution in [0.4, 0.5) is 17.1 Å². The molecule has 0 bridgehead atoms. The molecule has 5 nitrogen and oxygen atoms in total. The third kappa shape index (κ3) is 3.84. The standard InChI is InChI=1S/C18H21Cl2N3O2/c1-23(2)14-6-4-3-5-13(14)22-16-15(17(24)18(16)25)21-12-8-10(19)7-11(20)9-12/h7-9,13-14,21-22H,3-6H2,1-2H3/t13-,14-/m1/s1. The smallest absolute Gasteiger partial charge is 0.253 e. The molecule has 2 aromatic carbocycles. The second kappa shape index (κ2) is 7.36. The number of likely N-dealkylation sites (N-methyl/N-ethyl adjacent to an activating group) is 1. The summed E-state index contributed by atoms with van der Waals surface area (Å²) in [6.45, 7) is 0. The molecule has 2 aromatic rings. The Kier molecular flexibility index (Phi) is 5.37. The summed E-state index contributed by atoms with van der Waals surface area (Å²) < 4.78 is 0. The van der Waals surface area contributed by atoms with Crippen molar-refractivity contribution in [3.8, 4) is 0 Å². The van der Waals surface area contributed by atoms with Crippen molar-refractivity contribution >= 4 is 40.3 Å². The highest BCUT2D eigenvalue weighted by atomic mass is 35.5. The Bertz CT molecular complexity index is 823. The summed E-state index contributed by atoms with van der Waals surface area (Å²) >= 11 is 12.0. The van der Waals surface area contributed by atoms with E-state index in [-0.39, 0.29) is 11.7 Å². The zero-order valence-electron chi connectivity index (χ0n) is 14.2. The Morgan fingerprint density at radius 1 is 0.960 bits per heavy atom.